The minimum atomic E-state index is -1.52. The molecular formula is C20H18ClFO5. The smallest absolute Gasteiger partial charge is 0.336 e. The second kappa shape index (κ2) is 7.38. The van der Waals surface area contributed by atoms with Gasteiger partial charge in [0, 0.05) is 23.6 Å². The van der Waals surface area contributed by atoms with Gasteiger partial charge in [-0.15, -0.1) is 0 Å². The quantitative estimate of drug-likeness (QED) is 0.730. The molecule has 1 fully saturated rings. The van der Waals surface area contributed by atoms with Gasteiger partial charge in [0.1, 0.15) is 11.4 Å². The van der Waals surface area contributed by atoms with E-state index < -0.39 is 40.4 Å². The van der Waals surface area contributed by atoms with E-state index in [0.717, 1.165) is 12.1 Å². The first-order valence-corrected chi connectivity index (χ1v) is 8.87. The van der Waals surface area contributed by atoms with Crippen molar-refractivity contribution in [1.29, 1.82) is 0 Å². The SMILES string of the molecule is CC[C@](O)(c1cc(F)c(C(=O)c2ccc(Cl)cc2)c(C(=O)O)c1)C1CCO1. The number of ketones is 1. The summed E-state index contributed by atoms with van der Waals surface area (Å²) >= 11 is 5.79. The van der Waals surface area contributed by atoms with Crippen molar-refractivity contribution in [2.75, 3.05) is 6.61 Å². The van der Waals surface area contributed by atoms with Crippen LogP contribution in [0.5, 0.6) is 0 Å². The number of rotatable bonds is 6. The number of carboxylic acid groups (broad SMARTS) is 1. The van der Waals surface area contributed by atoms with Crippen LogP contribution in [0, 0.1) is 5.82 Å². The Morgan fingerprint density at radius 3 is 2.41 bits per heavy atom. The minimum Gasteiger partial charge on any atom is -0.478 e. The lowest BCUT2D eigenvalue weighted by molar-refractivity contribution is -0.178. The van der Waals surface area contributed by atoms with Crippen molar-refractivity contribution >= 4 is 23.4 Å². The number of carbonyl (C=O) groups excluding carboxylic acids is 1. The number of benzene rings is 2. The molecule has 0 spiro atoms. The summed E-state index contributed by atoms with van der Waals surface area (Å²) in [4.78, 5) is 24.4. The highest BCUT2D eigenvalue weighted by molar-refractivity contribution is 6.30. The maximum atomic E-state index is 14.9. The Bertz CT molecular complexity index is 892. The van der Waals surface area contributed by atoms with E-state index in [-0.39, 0.29) is 17.5 Å². The maximum absolute atomic E-state index is 14.9. The first-order chi connectivity index (χ1) is 12.8. The molecule has 0 saturated carbocycles. The molecular weight excluding hydrogens is 375 g/mol. The van der Waals surface area contributed by atoms with Crippen LogP contribution in [0.4, 0.5) is 4.39 Å². The van der Waals surface area contributed by atoms with Crippen LogP contribution in [0.2, 0.25) is 5.02 Å². The third kappa shape index (κ3) is 3.48. The van der Waals surface area contributed by atoms with Crippen molar-refractivity contribution in [3.05, 3.63) is 69.5 Å². The van der Waals surface area contributed by atoms with Gasteiger partial charge >= 0.3 is 5.97 Å². The van der Waals surface area contributed by atoms with Gasteiger partial charge < -0.3 is 14.9 Å². The van der Waals surface area contributed by atoms with Crippen LogP contribution in [0.3, 0.4) is 0 Å². The van der Waals surface area contributed by atoms with Crippen LogP contribution in [0.15, 0.2) is 36.4 Å². The zero-order valence-electron chi connectivity index (χ0n) is 14.5. The van der Waals surface area contributed by atoms with Gasteiger partial charge in [-0.05, 0) is 48.4 Å². The summed E-state index contributed by atoms with van der Waals surface area (Å²) in [5.74, 6) is -3.23. The lowest BCUT2D eigenvalue weighted by Crippen LogP contribution is -2.47. The van der Waals surface area contributed by atoms with Gasteiger partial charge in [0.2, 0.25) is 0 Å². The van der Waals surface area contributed by atoms with Crippen molar-refractivity contribution in [2.24, 2.45) is 0 Å². The molecule has 142 valence electrons. The van der Waals surface area contributed by atoms with Crippen molar-refractivity contribution in [3.8, 4) is 0 Å². The third-order valence-electron chi connectivity index (χ3n) is 4.92. The predicted octanol–water partition coefficient (Wildman–Crippen LogP) is 3.79. The molecule has 3 rings (SSSR count). The van der Waals surface area contributed by atoms with Crippen LogP contribution >= 0.6 is 11.6 Å². The van der Waals surface area contributed by atoms with Crippen molar-refractivity contribution in [1.82, 2.24) is 0 Å². The maximum Gasteiger partial charge on any atom is 0.336 e. The van der Waals surface area contributed by atoms with E-state index in [1.54, 1.807) is 6.92 Å². The molecule has 2 aromatic carbocycles. The Morgan fingerprint density at radius 1 is 1.30 bits per heavy atom. The van der Waals surface area contributed by atoms with Crippen molar-refractivity contribution in [3.63, 3.8) is 0 Å². The Hall–Kier alpha value is -2.28. The number of hydrogen-bond acceptors (Lipinski definition) is 4. The van der Waals surface area contributed by atoms with Crippen molar-refractivity contribution < 1.29 is 28.9 Å². The summed E-state index contributed by atoms with van der Waals surface area (Å²) in [6, 6.07) is 7.89. The zero-order chi connectivity index (χ0) is 19.8. The molecule has 0 bridgehead atoms. The number of ether oxygens (including phenoxy) is 1. The molecule has 0 radical (unpaired) electrons. The molecule has 2 N–H and O–H groups in total. The summed E-state index contributed by atoms with van der Waals surface area (Å²) in [6.45, 7) is 2.18. The van der Waals surface area contributed by atoms with Gasteiger partial charge in [0.15, 0.2) is 5.78 Å². The monoisotopic (exact) mass is 392 g/mol. The van der Waals surface area contributed by atoms with E-state index in [0.29, 0.717) is 18.1 Å². The number of aliphatic hydroxyl groups is 1. The van der Waals surface area contributed by atoms with Crippen LogP contribution in [-0.4, -0.2) is 34.7 Å². The molecule has 1 aliphatic heterocycles. The first kappa shape index (κ1) is 19.5. The van der Waals surface area contributed by atoms with Crippen LogP contribution in [0.25, 0.3) is 0 Å². The highest BCUT2D eigenvalue weighted by Gasteiger charge is 2.43. The van der Waals surface area contributed by atoms with Gasteiger partial charge in [-0.3, -0.25) is 4.79 Å². The van der Waals surface area contributed by atoms with Crippen LogP contribution in [-0.2, 0) is 10.3 Å². The van der Waals surface area contributed by atoms with E-state index in [1.807, 2.05) is 0 Å². The second-order valence-corrected chi connectivity index (χ2v) is 6.88. The average Bonchev–Trinajstić information content (AvgIpc) is 2.59. The van der Waals surface area contributed by atoms with E-state index in [2.05, 4.69) is 0 Å². The van der Waals surface area contributed by atoms with Gasteiger partial charge in [-0.2, -0.15) is 0 Å². The van der Waals surface area contributed by atoms with Gasteiger partial charge in [0.25, 0.3) is 0 Å². The summed E-state index contributed by atoms with van der Waals surface area (Å²) in [7, 11) is 0. The van der Waals surface area contributed by atoms with Gasteiger partial charge in [0.05, 0.1) is 17.2 Å². The standard InChI is InChI=1S/C20H18ClFO5/c1-2-20(26,16-7-8-27-16)12-9-14(19(24)25)17(15(22)10-12)18(23)11-3-5-13(21)6-4-11/h3-6,9-10,16,26H,2,7-8H2,1H3,(H,24,25)/t16?,20-/m0/s1. The van der Waals surface area contributed by atoms with Crippen LogP contribution in [0.1, 0.15) is 51.6 Å². The topological polar surface area (TPSA) is 83.8 Å². The molecule has 0 amide bonds. The van der Waals surface area contributed by atoms with Crippen LogP contribution < -0.4 is 0 Å². The summed E-state index contributed by atoms with van der Waals surface area (Å²) < 4.78 is 20.2. The number of carbonyl (C=O) groups is 2. The Kier molecular flexibility index (Phi) is 5.33. The molecule has 0 aliphatic carbocycles. The first-order valence-electron chi connectivity index (χ1n) is 8.49. The molecule has 27 heavy (non-hydrogen) atoms. The van der Waals surface area contributed by atoms with E-state index in [9.17, 15) is 24.2 Å². The van der Waals surface area contributed by atoms with E-state index >= 15 is 0 Å². The predicted molar refractivity (Wildman–Crippen MR) is 96.8 cm³/mol. The fourth-order valence-electron chi connectivity index (χ4n) is 3.23. The lowest BCUT2D eigenvalue weighted by atomic mass is 9.80. The van der Waals surface area contributed by atoms with Gasteiger partial charge in [-0.25, -0.2) is 9.18 Å². The molecule has 7 heteroatoms. The molecule has 1 unspecified atom stereocenters. The second-order valence-electron chi connectivity index (χ2n) is 6.45. The molecule has 2 aromatic rings. The summed E-state index contributed by atoms with van der Waals surface area (Å²) in [5, 5.41) is 20.9. The number of carboxylic acids is 1. The van der Waals surface area contributed by atoms with Gasteiger partial charge in [-0.1, -0.05) is 18.5 Å². The third-order valence-corrected chi connectivity index (χ3v) is 5.18. The number of aromatic carboxylic acids is 1. The average molecular weight is 393 g/mol. The van der Waals surface area contributed by atoms with Crippen molar-refractivity contribution in [2.45, 2.75) is 31.5 Å². The number of halogens is 2. The minimum absolute atomic E-state index is 0.0808. The fourth-order valence-corrected chi connectivity index (χ4v) is 3.36. The molecule has 0 aromatic heterocycles. The summed E-state index contributed by atoms with van der Waals surface area (Å²) in [5.41, 5.74) is -2.39. The highest BCUT2D eigenvalue weighted by Crippen LogP contribution is 2.38. The molecule has 2 atom stereocenters. The molecule has 1 aliphatic rings. The Morgan fingerprint density at radius 2 is 1.93 bits per heavy atom. The number of hydrogen-bond donors (Lipinski definition) is 2. The normalized spacial score (nSPS) is 18.4. The lowest BCUT2D eigenvalue weighted by Gasteiger charge is -2.41. The fraction of sp³-hybridized carbons (Fsp3) is 0.300. The molecule has 5 nitrogen and oxygen atoms in total. The largest absolute Gasteiger partial charge is 0.478 e. The van der Waals surface area contributed by atoms with E-state index in [4.69, 9.17) is 16.3 Å². The highest BCUT2D eigenvalue weighted by atomic mass is 35.5. The Balaban J connectivity index is 2.11. The molecule has 1 saturated heterocycles. The zero-order valence-corrected chi connectivity index (χ0v) is 15.3. The Labute approximate surface area is 160 Å². The van der Waals surface area contributed by atoms with E-state index in [1.165, 1.54) is 24.3 Å². The summed E-state index contributed by atoms with van der Waals surface area (Å²) in [6.07, 6.45) is 0.252. The molecule has 1 heterocycles.